The van der Waals surface area contributed by atoms with Crippen LogP contribution in [0.15, 0.2) is 60.8 Å². The first kappa shape index (κ1) is 27.9. The molecule has 0 aliphatic heterocycles. The molecule has 42 heavy (non-hydrogen) atoms. The Bertz CT molecular complexity index is 1560. The van der Waals surface area contributed by atoms with Crippen LogP contribution in [0.25, 0.3) is 10.9 Å². The first-order valence-corrected chi connectivity index (χ1v) is 15.2. The number of anilines is 2. The number of nitrogens with one attached hydrogen (secondary N) is 3. The number of para-hydroxylation sites is 1. The number of nitrogens with zero attached hydrogens (tertiary/aromatic N) is 3. The van der Waals surface area contributed by atoms with E-state index in [-0.39, 0.29) is 30.2 Å². The third-order valence-electron chi connectivity index (χ3n) is 8.79. The van der Waals surface area contributed by atoms with Crippen LogP contribution >= 0.6 is 0 Å². The van der Waals surface area contributed by atoms with Gasteiger partial charge in [0.1, 0.15) is 5.82 Å². The molecule has 8 heteroatoms. The molecule has 0 radical (unpaired) electrons. The van der Waals surface area contributed by atoms with Crippen molar-refractivity contribution in [3.63, 3.8) is 0 Å². The number of fused-ring (bicyclic) bond motifs is 2. The molecule has 0 saturated heterocycles. The zero-order valence-corrected chi connectivity index (χ0v) is 24.5. The number of aromatic amines is 1. The van der Waals surface area contributed by atoms with Gasteiger partial charge in [-0.3, -0.25) is 9.59 Å². The summed E-state index contributed by atoms with van der Waals surface area (Å²) in [5.41, 5.74) is 4.92. The van der Waals surface area contributed by atoms with Gasteiger partial charge in [-0.05, 0) is 63.0 Å². The number of rotatable bonds is 9. The molecule has 2 heterocycles. The van der Waals surface area contributed by atoms with E-state index in [4.69, 9.17) is 9.97 Å². The minimum absolute atomic E-state index is 0.0314. The SMILES string of the molecule is CN(C)c1nc(N[C@H]2CC[C@@H](NC(=O)C(CC(=O)c3ccccc3)c3c[nH]c4ccccc34)CC2)nc2c1CCCC2. The fourth-order valence-corrected chi connectivity index (χ4v) is 6.53. The Hall–Kier alpha value is -4.20. The molecule has 1 atom stereocenters. The van der Waals surface area contributed by atoms with Gasteiger partial charge in [0.25, 0.3) is 0 Å². The molecular formula is C34H40N6O2. The van der Waals surface area contributed by atoms with E-state index in [1.807, 2.05) is 74.9 Å². The van der Waals surface area contributed by atoms with Crippen LogP contribution < -0.4 is 15.5 Å². The Morgan fingerprint density at radius 2 is 1.64 bits per heavy atom. The highest BCUT2D eigenvalue weighted by atomic mass is 16.2. The molecular weight excluding hydrogens is 524 g/mol. The summed E-state index contributed by atoms with van der Waals surface area (Å²) in [6, 6.07) is 17.5. The van der Waals surface area contributed by atoms with Crippen molar-refractivity contribution in [1.29, 1.82) is 0 Å². The van der Waals surface area contributed by atoms with E-state index in [0.29, 0.717) is 11.5 Å². The lowest BCUT2D eigenvalue weighted by atomic mass is 9.88. The number of aryl methyl sites for hydroxylation is 1. The summed E-state index contributed by atoms with van der Waals surface area (Å²) in [6.45, 7) is 0. The molecule has 2 aliphatic rings. The van der Waals surface area contributed by atoms with E-state index in [0.717, 1.165) is 60.8 Å². The highest BCUT2D eigenvalue weighted by Crippen LogP contribution is 2.32. The van der Waals surface area contributed by atoms with Gasteiger partial charge >= 0.3 is 0 Å². The Balaban J connectivity index is 1.12. The molecule has 0 bridgehead atoms. The molecule has 1 fully saturated rings. The summed E-state index contributed by atoms with van der Waals surface area (Å²) < 4.78 is 0. The fourth-order valence-electron chi connectivity index (χ4n) is 6.53. The monoisotopic (exact) mass is 564 g/mol. The minimum atomic E-state index is -0.571. The van der Waals surface area contributed by atoms with Gasteiger partial charge < -0.3 is 20.5 Å². The van der Waals surface area contributed by atoms with E-state index in [1.54, 1.807) is 0 Å². The van der Waals surface area contributed by atoms with Gasteiger partial charge in [-0.1, -0.05) is 48.5 Å². The first-order valence-electron chi connectivity index (χ1n) is 15.2. The van der Waals surface area contributed by atoms with E-state index < -0.39 is 5.92 Å². The average Bonchev–Trinajstić information content (AvgIpc) is 3.44. The standard InChI is InChI=1S/C34H40N6O2/c1-40(2)32-26-13-7-9-15-30(26)38-34(39-32)37-24-18-16-23(17-19-24)36-33(42)27(20-31(41)22-10-4-3-5-11-22)28-21-35-29-14-8-6-12-25(28)29/h3-6,8,10-12,14,21,23-24,27,35H,7,9,13,15-20H2,1-2H3,(H,36,42)(H,37,38,39)/t23-,24+,27?. The van der Waals surface area contributed by atoms with Gasteiger partial charge in [-0.15, -0.1) is 0 Å². The summed E-state index contributed by atoms with van der Waals surface area (Å²) in [5.74, 6) is 1.05. The van der Waals surface area contributed by atoms with Crippen molar-refractivity contribution in [3.8, 4) is 0 Å². The molecule has 3 N–H and O–H groups in total. The second-order valence-corrected chi connectivity index (χ2v) is 11.9. The number of amides is 1. The first-order chi connectivity index (χ1) is 20.5. The Labute approximate surface area is 247 Å². The Kier molecular flexibility index (Phi) is 8.22. The molecule has 4 aromatic rings. The van der Waals surface area contributed by atoms with E-state index in [9.17, 15) is 9.59 Å². The van der Waals surface area contributed by atoms with Gasteiger partial charge in [0.15, 0.2) is 5.78 Å². The predicted molar refractivity (Wildman–Crippen MR) is 167 cm³/mol. The topological polar surface area (TPSA) is 103 Å². The highest BCUT2D eigenvalue weighted by Gasteiger charge is 2.30. The average molecular weight is 565 g/mol. The highest BCUT2D eigenvalue weighted by molar-refractivity contribution is 6.01. The third kappa shape index (κ3) is 6.03. The number of hydrogen-bond donors (Lipinski definition) is 3. The summed E-state index contributed by atoms with van der Waals surface area (Å²) >= 11 is 0. The maximum Gasteiger partial charge on any atom is 0.228 e. The molecule has 0 spiro atoms. The van der Waals surface area contributed by atoms with Gasteiger partial charge in [-0.2, -0.15) is 4.98 Å². The fraction of sp³-hybridized carbons (Fsp3) is 0.412. The van der Waals surface area contributed by atoms with Crippen LogP contribution in [0, 0.1) is 0 Å². The zero-order chi connectivity index (χ0) is 29.1. The molecule has 2 aliphatic carbocycles. The van der Waals surface area contributed by atoms with Crippen LogP contribution in [0.5, 0.6) is 0 Å². The normalized spacial score (nSPS) is 19.1. The maximum atomic E-state index is 13.8. The number of aromatic nitrogens is 3. The van der Waals surface area contributed by atoms with Gasteiger partial charge in [0, 0.05) is 60.8 Å². The number of ketones is 1. The lowest BCUT2D eigenvalue weighted by Crippen LogP contribution is -2.42. The van der Waals surface area contributed by atoms with Gasteiger partial charge in [-0.25, -0.2) is 4.98 Å². The van der Waals surface area contributed by atoms with Gasteiger partial charge in [0.05, 0.1) is 11.6 Å². The molecule has 218 valence electrons. The smallest absolute Gasteiger partial charge is 0.228 e. The Morgan fingerprint density at radius 1 is 0.929 bits per heavy atom. The number of carbonyl (C=O) groups is 2. The second-order valence-electron chi connectivity index (χ2n) is 11.9. The van der Waals surface area contributed by atoms with E-state index in [1.165, 1.54) is 24.1 Å². The lowest BCUT2D eigenvalue weighted by Gasteiger charge is -2.31. The van der Waals surface area contributed by atoms with Crippen LogP contribution in [0.4, 0.5) is 11.8 Å². The second kappa shape index (κ2) is 12.3. The van der Waals surface area contributed by atoms with E-state index >= 15 is 0 Å². The molecule has 8 nitrogen and oxygen atoms in total. The quantitative estimate of drug-likeness (QED) is 0.222. The number of H-pyrrole nitrogens is 1. The van der Waals surface area contributed by atoms with Crippen LogP contribution in [0.3, 0.4) is 0 Å². The zero-order valence-electron chi connectivity index (χ0n) is 24.5. The van der Waals surface area contributed by atoms with E-state index in [2.05, 4.69) is 20.5 Å². The van der Waals surface area contributed by atoms with Crippen molar-refractivity contribution in [1.82, 2.24) is 20.3 Å². The number of Topliss-reactive ketones (excluding diaryl/α,β-unsaturated/α-hetero) is 1. The van der Waals surface area contributed by atoms with Crippen LogP contribution in [-0.4, -0.2) is 52.8 Å². The van der Waals surface area contributed by atoms with Crippen molar-refractivity contribution >= 4 is 34.4 Å². The molecule has 1 amide bonds. The lowest BCUT2D eigenvalue weighted by molar-refractivity contribution is -0.123. The van der Waals surface area contributed by atoms with Crippen molar-refractivity contribution in [3.05, 3.63) is 83.2 Å². The number of benzene rings is 2. The largest absolute Gasteiger partial charge is 0.362 e. The number of hydrogen-bond acceptors (Lipinski definition) is 6. The molecule has 6 rings (SSSR count). The van der Waals surface area contributed by atoms with Crippen LogP contribution in [0.2, 0.25) is 0 Å². The summed E-state index contributed by atoms with van der Waals surface area (Å²) in [7, 11) is 4.09. The van der Waals surface area contributed by atoms with Crippen molar-refractivity contribution in [2.45, 2.75) is 75.8 Å². The summed E-state index contributed by atoms with van der Waals surface area (Å²) in [4.78, 5) is 42.2. The predicted octanol–water partition coefficient (Wildman–Crippen LogP) is 5.80. The van der Waals surface area contributed by atoms with Crippen molar-refractivity contribution < 1.29 is 9.59 Å². The van der Waals surface area contributed by atoms with Crippen molar-refractivity contribution in [2.24, 2.45) is 0 Å². The van der Waals surface area contributed by atoms with Gasteiger partial charge in [0.2, 0.25) is 11.9 Å². The minimum Gasteiger partial charge on any atom is -0.362 e. The molecule has 1 saturated carbocycles. The summed E-state index contributed by atoms with van der Waals surface area (Å²) in [5, 5.41) is 7.89. The van der Waals surface area contributed by atoms with Crippen LogP contribution in [-0.2, 0) is 17.6 Å². The third-order valence-corrected chi connectivity index (χ3v) is 8.79. The Morgan fingerprint density at radius 3 is 2.43 bits per heavy atom. The van der Waals surface area contributed by atoms with Crippen LogP contribution in [0.1, 0.15) is 78.0 Å². The summed E-state index contributed by atoms with van der Waals surface area (Å²) in [6.07, 6.45) is 10.0. The molecule has 1 unspecified atom stereocenters. The molecule has 2 aromatic heterocycles. The maximum absolute atomic E-state index is 13.8. The number of carbonyl (C=O) groups excluding carboxylic acids is 2. The van der Waals surface area contributed by atoms with Crippen molar-refractivity contribution in [2.75, 3.05) is 24.3 Å². The molecule has 2 aromatic carbocycles.